The number of nitrogens with two attached hydrogens (primary N) is 1. The van der Waals surface area contributed by atoms with Crippen LogP contribution in [-0.2, 0) is 27.9 Å². The van der Waals surface area contributed by atoms with Gasteiger partial charge in [0.2, 0.25) is 0 Å². The molecule has 0 aliphatic carbocycles. The average molecular weight is 796 g/mol. The molecule has 0 amide bonds. The molecule has 0 fully saturated rings. The van der Waals surface area contributed by atoms with E-state index in [0.29, 0.717) is 13.0 Å². The van der Waals surface area contributed by atoms with E-state index in [2.05, 4.69) is 62.5 Å². The van der Waals surface area contributed by atoms with E-state index in [1.54, 1.807) is 0 Å². The summed E-state index contributed by atoms with van der Waals surface area (Å²) in [5.41, 5.74) is 5.37. The third-order valence-electron chi connectivity index (χ3n) is 9.51. The number of carbonyl (C=O) groups is 1. The van der Waals surface area contributed by atoms with Crippen LogP contribution in [0.4, 0.5) is 0 Å². The van der Waals surface area contributed by atoms with Gasteiger partial charge in [-0.25, -0.2) is 4.57 Å². The Kier molecular flexibility index (Phi) is 42.4. The van der Waals surface area contributed by atoms with Gasteiger partial charge in [0, 0.05) is 19.6 Å². The van der Waals surface area contributed by atoms with Gasteiger partial charge in [0.15, 0.2) is 0 Å². The highest BCUT2D eigenvalue weighted by atomic mass is 31.2. The molecule has 0 bridgehead atoms. The van der Waals surface area contributed by atoms with E-state index in [0.717, 1.165) is 70.6 Å². The van der Waals surface area contributed by atoms with Gasteiger partial charge in [0.1, 0.15) is 6.10 Å². The van der Waals surface area contributed by atoms with Crippen molar-refractivity contribution in [3.63, 3.8) is 0 Å². The normalized spacial score (nSPS) is 13.9. The molecule has 0 spiro atoms. The Hall–Kier alpha value is -1.54. The van der Waals surface area contributed by atoms with Crippen LogP contribution >= 0.6 is 7.82 Å². The molecule has 0 aromatic rings. The summed E-state index contributed by atoms with van der Waals surface area (Å²) in [6, 6.07) is 0. The van der Waals surface area contributed by atoms with Crippen molar-refractivity contribution < 1.29 is 32.8 Å². The second kappa shape index (κ2) is 43.6. The number of hydrogen-bond acceptors (Lipinski definition) is 7. The summed E-state index contributed by atoms with van der Waals surface area (Å²) in [6.45, 7) is 4.80. The van der Waals surface area contributed by atoms with Crippen LogP contribution in [0.5, 0.6) is 0 Å². The lowest BCUT2D eigenvalue weighted by molar-refractivity contribution is -0.154. The summed E-state index contributed by atoms with van der Waals surface area (Å²) in [5, 5.41) is 0. The summed E-state index contributed by atoms with van der Waals surface area (Å²) >= 11 is 0. The molecule has 55 heavy (non-hydrogen) atoms. The first kappa shape index (κ1) is 53.5. The maximum absolute atomic E-state index is 12.6. The largest absolute Gasteiger partial charge is 0.472 e. The standard InChI is InChI=1S/C46H86NO7P/c1-3-5-7-9-11-13-15-17-19-21-22-24-26-28-30-32-34-36-38-41-51-43-45(44-53-55(49,50)52-42-40-47)54-46(48)39-37-35-33-31-29-27-25-23-20-18-16-14-12-10-8-6-4-2/h6,8,12,14,18,20,25,27,45H,3-5,7,9-11,13,15-17,19,21-24,26,28-44,47H2,1-2H3,(H,49,50)/b8-6-,14-12-,20-18-,27-25-. The molecule has 0 saturated carbocycles. The lowest BCUT2D eigenvalue weighted by Crippen LogP contribution is -2.28. The number of phosphoric acid groups is 1. The minimum atomic E-state index is -4.28. The monoisotopic (exact) mass is 796 g/mol. The van der Waals surface area contributed by atoms with Gasteiger partial charge >= 0.3 is 13.8 Å². The van der Waals surface area contributed by atoms with Crippen LogP contribution in [0.3, 0.4) is 0 Å². The summed E-state index contributed by atoms with van der Waals surface area (Å²) in [4.78, 5) is 22.5. The maximum Gasteiger partial charge on any atom is 0.472 e. The van der Waals surface area contributed by atoms with Crippen molar-refractivity contribution in [3.05, 3.63) is 48.6 Å². The fourth-order valence-electron chi connectivity index (χ4n) is 6.22. The Labute approximate surface area is 339 Å². The lowest BCUT2D eigenvalue weighted by atomic mass is 10.0. The van der Waals surface area contributed by atoms with Crippen LogP contribution in [0.25, 0.3) is 0 Å². The van der Waals surface area contributed by atoms with Crippen LogP contribution in [0.15, 0.2) is 48.6 Å². The van der Waals surface area contributed by atoms with Crippen LogP contribution in [-0.4, -0.2) is 49.9 Å². The predicted molar refractivity (Wildman–Crippen MR) is 233 cm³/mol. The Bertz CT molecular complexity index is 983. The minimum absolute atomic E-state index is 0.0956. The van der Waals surface area contributed by atoms with Gasteiger partial charge in [-0.2, -0.15) is 0 Å². The van der Waals surface area contributed by atoms with E-state index >= 15 is 0 Å². The van der Waals surface area contributed by atoms with Gasteiger partial charge in [-0.1, -0.05) is 191 Å². The lowest BCUT2D eigenvalue weighted by Gasteiger charge is -2.20. The van der Waals surface area contributed by atoms with Crippen molar-refractivity contribution in [1.82, 2.24) is 0 Å². The molecule has 8 nitrogen and oxygen atoms in total. The molecule has 0 aromatic heterocycles. The highest BCUT2D eigenvalue weighted by Crippen LogP contribution is 2.43. The molecule has 2 unspecified atom stereocenters. The second-order valence-corrected chi connectivity index (χ2v) is 16.3. The smallest absolute Gasteiger partial charge is 0.457 e. The number of phosphoric ester groups is 1. The molecule has 0 aliphatic rings. The number of unbranched alkanes of at least 4 members (excludes halogenated alkanes) is 22. The van der Waals surface area contributed by atoms with E-state index in [1.807, 2.05) is 0 Å². The first-order chi connectivity index (χ1) is 26.9. The number of carbonyl (C=O) groups excluding carboxylic acids is 1. The quantitative estimate of drug-likeness (QED) is 0.0271. The summed E-state index contributed by atoms with van der Waals surface area (Å²) in [7, 11) is -4.28. The molecule has 0 aliphatic heterocycles. The van der Waals surface area contributed by atoms with Crippen LogP contribution in [0.2, 0.25) is 0 Å². The summed E-state index contributed by atoms with van der Waals surface area (Å²) in [6.07, 6.45) is 51.3. The predicted octanol–water partition coefficient (Wildman–Crippen LogP) is 13.6. The third-order valence-corrected chi connectivity index (χ3v) is 10.5. The van der Waals surface area contributed by atoms with Crippen LogP contribution in [0, 0.1) is 0 Å². The number of rotatable bonds is 43. The maximum atomic E-state index is 12.6. The molecule has 0 saturated heterocycles. The van der Waals surface area contributed by atoms with Crippen molar-refractivity contribution in [2.75, 3.05) is 33.0 Å². The van der Waals surface area contributed by atoms with Gasteiger partial charge in [-0.05, 0) is 51.4 Å². The number of hydrogen-bond donors (Lipinski definition) is 2. The SMILES string of the molecule is CC/C=C\C/C=C\C/C=C\C/C=C\CCCCCCC(=O)OC(COCCCCCCCCCCCCCCCCCCCCC)COP(=O)(O)OCCN. The van der Waals surface area contributed by atoms with Crippen LogP contribution < -0.4 is 5.73 Å². The highest BCUT2D eigenvalue weighted by Gasteiger charge is 2.25. The van der Waals surface area contributed by atoms with E-state index < -0.39 is 13.9 Å². The summed E-state index contributed by atoms with van der Waals surface area (Å²) in [5.74, 6) is -0.352. The Balaban J connectivity index is 4.03. The molecule has 0 rings (SSSR count). The topological polar surface area (TPSA) is 117 Å². The first-order valence-electron chi connectivity index (χ1n) is 22.6. The van der Waals surface area contributed by atoms with Crippen molar-refractivity contribution in [2.24, 2.45) is 5.73 Å². The number of esters is 1. The van der Waals surface area contributed by atoms with Crippen molar-refractivity contribution in [2.45, 2.75) is 206 Å². The molecule has 2 atom stereocenters. The molecular formula is C46H86NO7P. The molecule has 9 heteroatoms. The fraction of sp³-hybridized carbons (Fsp3) is 0.804. The fourth-order valence-corrected chi connectivity index (χ4v) is 6.99. The highest BCUT2D eigenvalue weighted by molar-refractivity contribution is 7.47. The molecule has 322 valence electrons. The van der Waals surface area contributed by atoms with E-state index in [-0.39, 0.29) is 32.3 Å². The zero-order chi connectivity index (χ0) is 40.2. The number of ether oxygens (including phenoxy) is 2. The third kappa shape index (κ3) is 43.4. The Morgan fingerprint density at radius 3 is 1.53 bits per heavy atom. The van der Waals surface area contributed by atoms with Crippen LogP contribution in [0.1, 0.15) is 200 Å². The first-order valence-corrected chi connectivity index (χ1v) is 24.1. The van der Waals surface area contributed by atoms with E-state index in [1.165, 1.54) is 109 Å². The molecular weight excluding hydrogens is 709 g/mol. The van der Waals surface area contributed by atoms with E-state index in [9.17, 15) is 14.3 Å². The van der Waals surface area contributed by atoms with Gasteiger partial charge in [0.25, 0.3) is 0 Å². The van der Waals surface area contributed by atoms with Crippen molar-refractivity contribution in [1.29, 1.82) is 0 Å². The van der Waals surface area contributed by atoms with Crippen molar-refractivity contribution in [3.8, 4) is 0 Å². The van der Waals surface area contributed by atoms with Gasteiger partial charge < -0.3 is 20.1 Å². The molecule has 0 heterocycles. The molecule has 0 radical (unpaired) electrons. The van der Waals surface area contributed by atoms with Gasteiger partial charge in [-0.3, -0.25) is 13.8 Å². The zero-order valence-electron chi connectivity index (χ0n) is 35.7. The Morgan fingerprint density at radius 1 is 0.564 bits per heavy atom. The number of allylic oxidation sites excluding steroid dienone is 8. The molecule has 3 N–H and O–H groups in total. The van der Waals surface area contributed by atoms with E-state index in [4.69, 9.17) is 24.3 Å². The minimum Gasteiger partial charge on any atom is -0.457 e. The van der Waals surface area contributed by atoms with Gasteiger partial charge in [-0.15, -0.1) is 0 Å². The molecule has 0 aromatic carbocycles. The zero-order valence-corrected chi connectivity index (χ0v) is 36.6. The van der Waals surface area contributed by atoms with Gasteiger partial charge in [0.05, 0.1) is 19.8 Å². The Morgan fingerprint density at radius 2 is 1.02 bits per heavy atom. The van der Waals surface area contributed by atoms with Crippen molar-refractivity contribution >= 4 is 13.8 Å². The second-order valence-electron chi connectivity index (χ2n) is 14.9. The summed E-state index contributed by atoms with van der Waals surface area (Å²) < 4.78 is 33.5. The average Bonchev–Trinajstić information content (AvgIpc) is 3.17.